The highest BCUT2D eigenvalue weighted by Gasteiger charge is 2.30. The average molecular weight is 596 g/mol. The molecule has 1 aliphatic rings. The van der Waals surface area contributed by atoms with Gasteiger partial charge in [-0.3, -0.25) is 9.59 Å². The fourth-order valence-electron chi connectivity index (χ4n) is 5.01. The molecule has 3 aromatic carbocycles. The lowest BCUT2D eigenvalue weighted by atomic mass is 10.0. The van der Waals surface area contributed by atoms with Gasteiger partial charge in [0.15, 0.2) is 0 Å². The molecule has 3 aromatic rings. The monoisotopic (exact) mass is 595 g/mol. The molecule has 1 N–H and O–H groups in total. The number of aryl methyl sites for hydroxylation is 1. The van der Waals surface area contributed by atoms with E-state index in [0.717, 1.165) is 36.0 Å². The molecule has 9 heteroatoms. The van der Waals surface area contributed by atoms with Crippen molar-refractivity contribution >= 4 is 33.4 Å². The summed E-state index contributed by atoms with van der Waals surface area (Å²) >= 11 is 6.10. The Bertz CT molecular complexity index is 1390. The summed E-state index contributed by atoms with van der Waals surface area (Å²) in [6.07, 6.45) is 3.55. The second-order valence-corrected chi connectivity index (χ2v) is 12.8. The minimum absolute atomic E-state index is 0.152. The number of carbonyl (C=O) groups is 2. The number of benzene rings is 3. The standard InChI is InChI=1S/C32H38ClN3O4S/c1-2-20-34-32(38)30(23-26-8-4-3-5-9-26)36(24-27-10-15-28(33)16-11-27)31(37)19-14-25-12-17-29(18-13-25)41(39,40)35-21-6-7-22-35/h3-5,8-13,15-18,30H,2,6-7,14,19-24H2,1H3,(H,34,38)/t30-/m0/s1. The fourth-order valence-corrected chi connectivity index (χ4v) is 6.65. The molecular formula is C32H38ClN3O4S. The molecule has 0 radical (unpaired) electrons. The van der Waals surface area contributed by atoms with Crippen molar-refractivity contribution in [2.75, 3.05) is 19.6 Å². The maximum absolute atomic E-state index is 13.8. The average Bonchev–Trinajstić information content (AvgIpc) is 3.54. The van der Waals surface area contributed by atoms with Gasteiger partial charge in [0.1, 0.15) is 6.04 Å². The van der Waals surface area contributed by atoms with Crippen LogP contribution in [0.15, 0.2) is 83.8 Å². The minimum Gasteiger partial charge on any atom is -0.354 e. The number of nitrogens with zero attached hydrogens (tertiary/aromatic N) is 2. The van der Waals surface area contributed by atoms with Crippen molar-refractivity contribution in [2.24, 2.45) is 0 Å². The van der Waals surface area contributed by atoms with E-state index in [2.05, 4.69) is 5.32 Å². The molecule has 4 rings (SSSR count). The van der Waals surface area contributed by atoms with E-state index < -0.39 is 16.1 Å². The Labute approximate surface area is 248 Å². The third-order valence-corrected chi connectivity index (χ3v) is 9.51. The molecule has 1 fully saturated rings. The van der Waals surface area contributed by atoms with E-state index in [-0.39, 0.29) is 29.7 Å². The summed E-state index contributed by atoms with van der Waals surface area (Å²) in [5, 5.41) is 3.59. The zero-order valence-electron chi connectivity index (χ0n) is 23.5. The summed E-state index contributed by atoms with van der Waals surface area (Å²) in [5.74, 6) is -0.337. The summed E-state index contributed by atoms with van der Waals surface area (Å²) in [4.78, 5) is 29.2. The highest BCUT2D eigenvalue weighted by Crippen LogP contribution is 2.22. The van der Waals surface area contributed by atoms with Crippen molar-refractivity contribution < 1.29 is 18.0 Å². The number of carbonyl (C=O) groups excluding carboxylic acids is 2. The van der Waals surface area contributed by atoms with Crippen molar-refractivity contribution in [1.82, 2.24) is 14.5 Å². The van der Waals surface area contributed by atoms with Gasteiger partial charge in [0.25, 0.3) is 0 Å². The number of hydrogen-bond acceptors (Lipinski definition) is 4. The van der Waals surface area contributed by atoms with E-state index in [1.54, 1.807) is 41.3 Å². The second-order valence-electron chi connectivity index (χ2n) is 10.4. The van der Waals surface area contributed by atoms with Crippen LogP contribution in [0.5, 0.6) is 0 Å². The van der Waals surface area contributed by atoms with E-state index in [9.17, 15) is 18.0 Å². The zero-order valence-corrected chi connectivity index (χ0v) is 25.0. The fraction of sp³-hybridized carbons (Fsp3) is 0.375. The van der Waals surface area contributed by atoms with Gasteiger partial charge in [0, 0.05) is 44.0 Å². The number of rotatable bonds is 13. The van der Waals surface area contributed by atoms with Gasteiger partial charge in [-0.15, -0.1) is 0 Å². The van der Waals surface area contributed by atoms with Crippen LogP contribution in [0.25, 0.3) is 0 Å². The summed E-state index contributed by atoms with van der Waals surface area (Å²) < 4.78 is 27.3. The maximum atomic E-state index is 13.8. The normalized spacial score (nSPS) is 14.5. The van der Waals surface area contributed by atoms with Crippen LogP contribution in [0.2, 0.25) is 5.02 Å². The molecular weight excluding hydrogens is 558 g/mol. The summed E-state index contributed by atoms with van der Waals surface area (Å²) in [7, 11) is -3.49. The van der Waals surface area contributed by atoms with Gasteiger partial charge in [-0.25, -0.2) is 8.42 Å². The van der Waals surface area contributed by atoms with Gasteiger partial charge in [-0.1, -0.05) is 73.1 Å². The van der Waals surface area contributed by atoms with Gasteiger partial charge in [0.2, 0.25) is 21.8 Å². The molecule has 1 atom stereocenters. The van der Waals surface area contributed by atoms with Crippen molar-refractivity contribution in [3.8, 4) is 0 Å². The van der Waals surface area contributed by atoms with Gasteiger partial charge in [-0.2, -0.15) is 4.31 Å². The maximum Gasteiger partial charge on any atom is 0.243 e. The molecule has 0 saturated carbocycles. The minimum atomic E-state index is -3.49. The smallest absolute Gasteiger partial charge is 0.243 e. The van der Waals surface area contributed by atoms with E-state index in [1.165, 1.54) is 4.31 Å². The molecule has 1 heterocycles. The molecule has 0 spiro atoms. The topological polar surface area (TPSA) is 86.8 Å². The van der Waals surface area contributed by atoms with Crippen LogP contribution in [0, 0.1) is 0 Å². The third kappa shape index (κ3) is 8.41. The van der Waals surface area contributed by atoms with E-state index >= 15 is 0 Å². The van der Waals surface area contributed by atoms with Crippen LogP contribution in [0.3, 0.4) is 0 Å². The molecule has 41 heavy (non-hydrogen) atoms. The lowest BCUT2D eigenvalue weighted by Crippen LogP contribution is -2.50. The summed E-state index contributed by atoms with van der Waals surface area (Å²) in [6.45, 7) is 3.89. The SMILES string of the molecule is CCCNC(=O)[C@H](Cc1ccccc1)N(Cc1ccc(Cl)cc1)C(=O)CCc1ccc(S(=O)(=O)N2CCCC2)cc1. The number of amides is 2. The molecule has 1 saturated heterocycles. The third-order valence-electron chi connectivity index (χ3n) is 7.34. The number of hydrogen-bond donors (Lipinski definition) is 1. The predicted molar refractivity (Wildman–Crippen MR) is 162 cm³/mol. The van der Waals surface area contributed by atoms with Gasteiger partial charge < -0.3 is 10.2 Å². The van der Waals surface area contributed by atoms with Crippen LogP contribution >= 0.6 is 11.6 Å². The van der Waals surface area contributed by atoms with Gasteiger partial charge >= 0.3 is 0 Å². The Morgan fingerprint density at radius 2 is 1.54 bits per heavy atom. The molecule has 0 unspecified atom stereocenters. The van der Waals surface area contributed by atoms with Crippen molar-refractivity contribution in [2.45, 2.75) is 62.9 Å². The number of sulfonamides is 1. The Morgan fingerprint density at radius 3 is 2.17 bits per heavy atom. The predicted octanol–water partition coefficient (Wildman–Crippen LogP) is 5.22. The van der Waals surface area contributed by atoms with Crippen LogP contribution in [-0.2, 0) is 39.0 Å². The number of halogens is 1. The highest BCUT2D eigenvalue weighted by molar-refractivity contribution is 7.89. The first-order valence-electron chi connectivity index (χ1n) is 14.2. The molecule has 7 nitrogen and oxygen atoms in total. The van der Waals surface area contributed by atoms with Crippen molar-refractivity contribution in [1.29, 1.82) is 0 Å². The molecule has 0 aromatic heterocycles. The zero-order chi connectivity index (χ0) is 29.2. The van der Waals surface area contributed by atoms with Gasteiger partial charge in [0.05, 0.1) is 4.90 Å². The Hall–Kier alpha value is -3.20. The first-order valence-corrected chi connectivity index (χ1v) is 16.0. The quantitative estimate of drug-likeness (QED) is 0.293. The Balaban J connectivity index is 1.54. The molecule has 2 amide bonds. The molecule has 0 aliphatic carbocycles. The van der Waals surface area contributed by atoms with E-state index in [1.807, 2.05) is 49.4 Å². The highest BCUT2D eigenvalue weighted by atomic mass is 35.5. The first kappa shape index (κ1) is 30.8. The van der Waals surface area contributed by atoms with Crippen LogP contribution in [0.1, 0.15) is 49.3 Å². The lowest BCUT2D eigenvalue weighted by molar-refractivity contribution is -0.141. The largest absolute Gasteiger partial charge is 0.354 e. The van der Waals surface area contributed by atoms with Gasteiger partial charge in [-0.05, 0) is 66.6 Å². The molecule has 1 aliphatic heterocycles. The Morgan fingerprint density at radius 1 is 0.902 bits per heavy atom. The molecule has 0 bridgehead atoms. The summed E-state index contributed by atoms with van der Waals surface area (Å²) in [6, 6.07) is 23.1. The first-order chi connectivity index (χ1) is 19.8. The van der Waals surface area contributed by atoms with Crippen molar-refractivity contribution in [3.05, 3.63) is 101 Å². The van der Waals surface area contributed by atoms with Crippen LogP contribution < -0.4 is 5.32 Å². The van der Waals surface area contributed by atoms with Crippen LogP contribution in [0.4, 0.5) is 0 Å². The molecule has 218 valence electrons. The number of nitrogens with one attached hydrogen (secondary N) is 1. The van der Waals surface area contributed by atoms with Crippen molar-refractivity contribution in [3.63, 3.8) is 0 Å². The second kappa shape index (κ2) is 14.6. The Kier molecular flexibility index (Phi) is 11.0. The van der Waals surface area contributed by atoms with E-state index in [4.69, 9.17) is 11.6 Å². The van der Waals surface area contributed by atoms with E-state index in [0.29, 0.717) is 37.5 Å². The lowest BCUT2D eigenvalue weighted by Gasteiger charge is -2.31. The summed E-state index contributed by atoms with van der Waals surface area (Å²) in [5.41, 5.74) is 2.70. The van der Waals surface area contributed by atoms with Crippen LogP contribution in [-0.4, -0.2) is 55.1 Å².